The van der Waals surface area contributed by atoms with Crippen LogP contribution in [0, 0.1) is 5.41 Å². The quantitative estimate of drug-likeness (QED) is 0.423. The highest BCUT2D eigenvalue weighted by molar-refractivity contribution is 7.87. The second-order valence-electron chi connectivity index (χ2n) is 15.0. The number of likely N-dealkylation sites (tertiary alicyclic amines) is 1. The Hall–Kier alpha value is -3.41. The smallest absolute Gasteiger partial charge is 0.303 e. The van der Waals surface area contributed by atoms with Gasteiger partial charge in [0.05, 0.1) is 50.4 Å². The summed E-state index contributed by atoms with van der Waals surface area (Å²) in [6, 6.07) is 12.5. The van der Waals surface area contributed by atoms with Crippen LogP contribution in [0.4, 0.5) is 0 Å². The lowest BCUT2D eigenvalue weighted by Crippen LogP contribution is -3.13. The van der Waals surface area contributed by atoms with E-state index in [1.807, 2.05) is 18.2 Å². The van der Waals surface area contributed by atoms with Crippen molar-refractivity contribution in [3.63, 3.8) is 0 Å². The maximum absolute atomic E-state index is 15.0. The second kappa shape index (κ2) is 11.1. The molecule has 2 aliphatic carbocycles. The van der Waals surface area contributed by atoms with Crippen molar-refractivity contribution >= 4 is 32.9 Å². The van der Waals surface area contributed by atoms with Crippen molar-refractivity contribution in [1.82, 2.24) is 18.5 Å². The topological polar surface area (TPSA) is 105 Å². The van der Waals surface area contributed by atoms with Crippen LogP contribution in [0.3, 0.4) is 0 Å². The minimum atomic E-state index is -3.96. The van der Waals surface area contributed by atoms with Crippen LogP contribution in [0.15, 0.2) is 36.4 Å². The van der Waals surface area contributed by atoms with Crippen LogP contribution in [0.25, 0.3) is 22.2 Å². The Morgan fingerprint density at radius 3 is 2.40 bits per heavy atom. The van der Waals surface area contributed by atoms with Gasteiger partial charge in [0.15, 0.2) is 0 Å². The number of piperazine rings is 1. The summed E-state index contributed by atoms with van der Waals surface area (Å²) in [7, 11) is 2.76. The van der Waals surface area contributed by atoms with Gasteiger partial charge in [0.25, 0.3) is 5.91 Å². The molecule has 8 rings (SSSR count). The van der Waals surface area contributed by atoms with Gasteiger partial charge in [-0.3, -0.25) is 9.59 Å². The first-order chi connectivity index (χ1) is 22.5. The van der Waals surface area contributed by atoms with Gasteiger partial charge in [-0.05, 0) is 79.5 Å². The lowest BCUT2D eigenvalue weighted by atomic mass is 9.81. The molecule has 2 amide bonds. The minimum Gasteiger partial charge on any atom is -0.497 e. The van der Waals surface area contributed by atoms with Gasteiger partial charge < -0.3 is 19.1 Å². The van der Waals surface area contributed by atoms with Crippen molar-refractivity contribution in [1.29, 1.82) is 0 Å². The summed E-state index contributed by atoms with van der Waals surface area (Å²) in [5.74, 6) is 0.850. The van der Waals surface area contributed by atoms with E-state index in [2.05, 4.69) is 33.4 Å². The molecule has 2 saturated heterocycles. The first kappa shape index (κ1) is 30.9. The van der Waals surface area contributed by atoms with Gasteiger partial charge in [-0.15, -0.1) is 0 Å². The highest BCUT2D eigenvalue weighted by atomic mass is 32.2. The lowest BCUT2D eigenvalue weighted by Gasteiger charge is -2.39. The molecule has 5 atom stereocenters. The third-order valence-corrected chi connectivity index (χ3v) is 13.3. The number of methoxy groups -OCH3 is 1. The summed E-state index contributed by atoms with van der Waals surface area (Å²) in [6.07, 6.45) is 8.69. The zero-order valence-corrected chi connectivity index (χ0v) is 28.7. The van der Waals surface area contributed by atoms with Gasteiger partial charge in [-0.25, -0.2) is 4.72 Å². The van der Waals surface area contributed by atoms with Crippen LogP contribution in [-0.4, -0.2) is 87.4 Å². The first-order valence-electron chi connectivity index (χ1n) is 17.3. The number of carbonyl (C=O) groups excluding carboxylic acids is 2. The molecule has 2 N–H and O–H groups in total. The summed E-state index contributed by atoms with van der Waals surface area (Å²) in [6.45, 7) is 2.52. The molecule has 2 aromatic carbocycles. The maximum Gasteiger partial charge on any atom is 0.303 e. The van der Waals surface area contributed by atoms with Crippen LogP contribution in [0.5, 0.6) is 5.75 Å². The van der Waals surface area contributed by atoms with Crippen LogP contribution in [-0.2, 0) is 21.5 Å². The summed E-state index contributed by atoms with van der Waals surface area (Å²) in [5, 5.41) is 1.09. The normalized spacial score (nSPS) is 28.4. The molecule has 3 aliphatic heterocycles. The molecule has 0 radical (unpaired) electrons. The molecule has 1 aromatic heterocycles. The predicted octanol–water partition coefficient (Wildman–Crippen LogP) is 3.28. The molecule has 0 spiro atoms. The largest absolute Gasteiger partial charge is 0.497 e. The predicted molar refractivity (Wildman–Crippen MR) is 180 cm³/mol. The molecule has 47 heavy (non-hydrogen) atoms. The van der Waals surface area contributed by atoms with E-state index in [9.17, 15) is 18.0 Å². The molecular formula is C36H46N5O5S+. The Bertz CT molecular complexity index is 1880. The van der Waals surface area contributed by atoms with Gasteiger partial charge in [-0.1, -0.05) is 25.3 Å². The highest BCUT2D eigenvalue weighted by Gasteiger charge is 2.66. The van der Waals surface area contributed by atoms with Crippen LogP contribution in [0.1, 0.15) is 84.7 Å². The van der Waals surface area contributed by atoms with E-state index in [4.69, 9.17) is 4.74 Å². The summed E-state index contributed by atoms with van der Waals surface area (Å²) in [5.41, 5.74) is 5.36. The van der Waals surface area contributed by atoms with Crippen LogP contribution < -0.4 is 14.4 Å². The molecular weight excluding hydrogens is 614 g/mol. The minimum absolute atomic E-state index is 0.0809. The number of nitrogens with one attached hydrogen (secondary N) is 2. The number of aromatic nitrogens is 1. The molecule has 4 fully saturated rings. The van der Waals surface area contributed by atoms with E-state index >= 15 is 0 Å². The van der Waals surface area contributed by atoms with E-state index < -0.39 is 21.5 Å². The molecule has 250 valence electrons. The molecule has 2 saturated carbocycles. The number of likely N-dealkylation sites (N-methyl/N-ethyl adjacent to an activating group) is 1. The lowest BCUT2D eigenvalue weighted by molar-refractivity contribution is -0.888. The van der Waals surface area contributed by atoms with E-state index in [0.29, 0.717) is 12.5 Å². The Balaban J connectivity index is 1.32. The van der Waals surface area contributed by atoms with Gasteiger partial charge >= 0.3 is 10.2 Å². The fourth-order valence-electron chi connectivity index (χ4n) is 9.53. The number of fused-ring (bicyclic) bond motifs is 9. The first-order valence-corrected chi connectivity index (χ1v) is 18.7. The zero-order valence-electron chi connectivity index (χ0n) is 27.8. The van der Waals surface area contributed by atoms with E-state index in [1.54, 1.807) is 13.2 Å². The zero-order chi connectivity index (χ0) is 32.8. The number of quaternary nitrogens is 1. The Labute approximate surface area is 277 Å². The number of nitrogens with zero attached hydrogens (tertiary/aromatic N) is 3. The van der Waals surface area contributed by atoms with Crippen LogP contribution >= 0.6 is 0 Å². The fraction of sp³-hybridized carbons (Fsp3) is 0.556. The molecule has 3 aromatic rings. The van der Waals surface area contributed by atoms with Gasteiger partial charge in [0, 0.05) is 48.6 Å². The number of ether oxygens (including phenoxy) is 1. The molecule has 5 aliphatic rings. The molecule has 1 unspecified atom stereocenters. The van der Waals surface area contributed by atoms with E-state index in [0.717, 1.165) is 77.4 Å². The Kier molecular flexibility index (Phi) is 7.27. The third kappa shape index (κ3) is 4.83. The molecule has 10 nitrogen and oxygen atoms in total. The standard InChI is InChI=1S/C36H45N5O5S/c1-38(2)47(44,45)37-34(42)23-10-14-28-31(16-23)40-21-36(35(43)41-24-11-12-25(41)20-39(3)19-24)18-30(36)29-17-26(46-4)13-15-27(29)33(40)32(28)22-8-6-5-7-9-22/h10,13-17,22,24-25,30H,5-9,11-12,18-21H2,1-4H3,(H,37,42)/p+1/t24-,25+,30-,36-/m0/s1. The van der Waals surface area contributed by atoms with Crippen molar-refractivity contribution in [3.05, 3.63) is 53.1 Å². The van der Waals surface area contributed by atoms with E-state index in [-0.39, 0.29) is 29.5 Å². The van der Waals surface area contributed by atoms with E-state index in [1.165, 1.54) is 49.4 Å². The summed E-state index contributed by atoms with van der Waals surface area (Å²) >= 11 is 0. The Morgan fingerprint density at radius 2 is 1.72 bits per heavy atom. The SMILES string of the molecule is COc1ccc2c(c1)[C@@H]1C[C@]1(C(=O)N1[C@@H]3CC[C@H]1C[NH+](C)C3)Cn1c-2c(C2CCCCC2)c2ccc(C(=O)NS(=O)(=O)N(C)C)cc21. The average Bonchev–Trinajstić information content (AvgIpc) is 3.64. The molecule has 2 bridgehead atoms. The van der Waals surface area contributed by atoms with Crippen molar-refractivity contribution in [2.75, 3.05) is 41.3 Å². The second-order valence-corrected chi connectivity index (χ2v) is 16.8. The molecule has 4 heterocycles. The number of rotatable bonds is 6. The third-order valence-electron chi connectivity index (χ3n) is 11.9. The molecule has 11 heteroatoms. The van der Waals surface area contributed by atoms with Crippen molar-refractivity contribution in [2.45, 2.75) is 81.8 Å². The van der Waals surface area contributed by atoms with Crippen molar-refractivity contribution in [3.8, 4) is 17.0 Å². The Morgan fingerprint density at radius 1 is 1.00 bits per heavy atom. The van der Waals surface area contributed by atoms with Gasteiger partial charge in [-0.2, -0.15) is 12.7 Å². The summed E-state index contributed by atoms with van der Waals surface area (Å²) < 4.78 is 36.4. The summed E-state index contributed by atoms with van der Waals surface area (Å²) in [4.78, 5) is 32.1. The van der Waals surface area contributed by atoms with Gasteiger partial charge in [0.1, 0.15) is 5.75 Å². The average molecular weight is 661 g/mol. The van der Waals surface area contributed by atoms with Crippen LogP contribution in [0.2, 0.25) is 0 Å². The number of carbonyl (C=O) groups is 2. The van der Waals surface area contributed by atoms with Crippen molar-refractivity contribution < 1.29 is 27.6 Å². The van der Waals surface area contributed by atoms with Gasteiger partial charge in [0.2, 0.25) is 5.91 Å². The van der Waals surface area contributed by atoms with Crippen molar-refractivity contribution in [2.24, 2.45) is 5.41 Å². The number of amides is 2. The number of hydrogen-bond acceptors (Lipinski definition) is 5. The fourth-order valence-corrected chi connectivity index (χ4v) is 10.1. The maximum atomic E-state index is 15.0. The number of hydrogen-bond donors (Lipinski definition) is 2. The number of benzene rings is 2. The highest BCUT2D eigenvalue weighted by Crippen LogP contribution is 2.66. The monoisotopic (exact) mass is 660 g/mol.